The van der Waals surface area contributed by atoms with Crippen molar-refractivity contribution in [2.75, 3.05) is 13.2 Å². The van der Waals surface area contributed by atoms with E-state index in [9.17, 15) is 4.79 Å². The third-order valence-electron chi connectivity index (χ3n) is 9.25. The van der Waals surface area contributed by atoms with Crippen LogP contribution in [-0.4, -0.2) is 30.1 Å². The summed E-state index contributed by atoms with van der Waals surface area (Å²) in [6.07, 6.45) is 34.1. The highest BCUT2D eigenvalue weighted by molar-refractivity contribution is 5.72. The molecule has 0 spiro atoms. The van der Waals surface area contributed by atoms with Gasteiger partial charge in [-0.15, -0.1) is 0 Å². The summed E-state index contributed by atoms with van der Waals surface area (Å²) in [5.41, 5.74) is 1.35. The Kier molecular flexibility index (Phi) is 30.7. The molecule has 0 aromatic rings. The molecule has 3 heteroatoms. The van der Waals surface area contributed by atoms with Crippen molar-refractivity contribution in [2.45, 2.75) is 214 Å². The molecule has 0 rings (SSSR count). The molecule has 0 aromatic carbocycles. The molecule has 0 heterocycles. The van der Waals surface area contributed by atoms with E-state index in [1.54, 1.807) is 0 Å². The lowest BCUT2D eigenvalue weighted by molar-refractivity contribution is -0.149. The predicted molar refractivity (Wildman–Crippen MR) is 187 cm³/mol. The van der Waals surface area contributed by atoms with Gasteiger partial charge in [-0.3, -0.25) is 4.79 Å². The highest BCUT2D eigenvalue weighted by Gasteiger charge is 2.19. The molecule has 0 fully saturated rings. The maximum atomic E-state index is 12.8. The number of carbonyl (C=O) groups is 1. The lowest BCUT2D eigenvalue weighted by Crippen LogP contribution is -2.31. The summed E-state index contributed by atoms with van der Waals surface area (Å²) >= 11 is 0. The minimum Gasteiger partial charge on any atom is -0.465 e. The molecule has 0 saturated carbocycles. The van der Waals surface area contributed by atoms with Gasteiger partial charge in [0.25, 0.3) is 0 Å². The van der Waals surface area contributed by atoms with E-state index in [-0.39, 0.29) is 11.9 Å². The smallest absolute Gasteiger partial charge is 0.308 e. The topological polar surface area (TPSA) is 29.5 Å². The molecular weight excluding hydrogens is 514 g/mol. The number of unbranched alkanes of at least 4 members (excludes halogenated alkanes) is 19. The third-order valence-corrected chi connectivity index (χ3v) is 9.25. The molecule has 0 aromatic heterocycles. The number of ether oxygens (including phenoxy) is 1. The summed E-state index contributed by atoms with van der Waals surface area (Å²) in [5, 5.41) is 0. The predicted octanol–water partition coefficient (Wildman–Crippen LogP) is 13.0. The van der Waals surface area contributed by atoms with Crippen LogP contribution in [-0.2, 0) is 9.53 Å². The summed E-state index contributed by atoms with van der Waals surface area (Å²) in [4.78, 5) is 15.4. The highest BCUT2D eigenvalue weighted by Crippen LogP contribution is 2.22. The monoisotopic (exact) mass is 592 g/mol. The SMILES string of the molecule is C=C(CCCCCCCC)N(CC)C(C)CCCCCCCCCOC(=O)C(CCCCCC)CCCCCCCC. The first-order valence-electron chi connectivity index (χ1n) is 19.1. The van der Waals surface area contributed by atoms with Crippen molar-refractivity contribution < 1.29 is 9.53 Å². The van der Waals surface area contributed by atoms with Crippen molar-refractivity contribution in [2.24, 2.45) is 5.92 Å². The van der Waals surface area contributed by atoms with Crippen LogP contribution in [0.3, 0.4) is 0 Å². The van der Waals surface area contributed by atoms with E-state index >= 15 is 0 Å². The molecule has 42 heavy (non-hydrogen) atoms. The Labute approximate surface area is 265 Å². The molecule has 2 unspecified atom stereocenters. The van der Waals surface area contributed by atoms with Crippen LogP contribution in [0.5, 0.6) is 0 Å². The first-order chi connectivity index (χ1) is 20.5. The molecule has 0 saturated heterocycles. The second-order valence-electron chi connectivity index (χ2n) is 13.3. The molecule has 0 aliphatic heterocycles. The number of hydrogen-bond acceptors (Lipinski definition) is 3. The Bertz CT molecular complexity index is 589. The Morgan fingerprint density at radius 3 is 1.48 bits per heavy atom. The third kappa shape index (κ3) is 24.5. The molecular formula is C39H77NO2. The lowest BCUT2D eigenvalue weighted by Gasteiger charge is -2.32. The largest absolute Gasteiger partial charge is 0.465 e. The second-order valence-corrected chi connectivity index (χ2v) is 13.3. The Balaban J connectivity index is 3.97. The van der Waals surface area contributed by atoms with Gasteiger partial charge in [-0.1, -0.05) is 162 Å². The minimum atomic E-state index is 0.0879. The van der Waals surface area contributed by atoms with E-state index in [1.807, 2.05) is 0 Å². The quantitative estimate of drug-likeness (QED) is 0.0561. The van der Waals surface area contributed by atoms with Gasteiger partial charge in [-0.2, -0.15) is 0 Å². The maximum absolute atomic E-state index is 12.8. The van der Waals surface area contributed by atoms with Crippen LogP contribution in [0, 0.1) is 5.92 Å². The fraction of sp³-hybridized carbons (Fsp3) is 0.923. The number of rotatable bonds is 33. The van der Waals surface area contributed by atoms with Crippen LogP contribution < -0.4 is 0 Å². The van der Waals surface area contributed by atoms with Crippen LogP contribution in [0.15, 0.2) is 12.3 Å². The van der Waals surface area contributed by atoms with Gasteiger partial charge in [0, 0.05) is 18.3 Å². The van der Waals surface area contributed by atoms with Crippen LogP contribution in [0.4, 0.5) is 0 Å². The fourth-order valence-corrected chi connectivity index (χ4v) is 6.34. The average Bonchev–Trinajstić information content (AvgIpc) is 2.98. The van der Waals surface area contributed by atoms with Crippen LogP contribution >= 0.6 is 0 Å². The molecule has 0 radical (unpaired) electrons. The molecule has 2 atom stereocenters. The van der Waals surface area contributed by atoms with Crippen molar-refractivity contribution in [3.8, 4) is 0 Å². The van der Waals surface area contributed by atoms with E-state index in [0.717, 1.165) is 25.8 Å². The van der Waals surface area contributed by atoms with Gasteiger partial charge in [0.1, 0.15) is 0 Å². The van der Waals surface area contributed by atoms with Crippen LogP contribution in [0.2, 0.25) is 0 Å². The molecule has 0 N–H and O–H groups in total. The fourth-order valence-electron chi connectivity index (χ4n) is 6.34. The van der Waals surface area contributed by atoms with Gasteiger partial charge in [0.2, 0.25) is 0 Å². The van der Waals surface area contributed by atoms with Crippen molar-refractivity contribution in [1.29, 1.82) is 0 Å². The summed E-state index contributed by atoms with van der Waals surface area (Å²) in [7, 11) is 0. The zero-order valence-corrected chi connectivity index (χ0v) is 29.6. The van der Waals surface area contributed by atoms with E-state index in [1.165, 1.54) is 160 Å². The number of carbonyl (C=O) groups excluding carboxylic acids is 1. The van der Waals surface area contributed by atoms with Crippen molar-refractivity contribution in [1.82, 2.24) is 4.90 Å². The Morgan fingerprint density at radius 2 is 0.976 bits per heavy atom. The maximum Gasteiger partial charge on any atom is 0.308 e. The number of nitrogens with zero attached hydrogens (tertiary/aromatic N) is 1. The lowest BCUT2D eigenvalue weighted by atomic mass is 9.94. The molecule has 250 valence electrons. The van der Waals surface area contributed by atoms with Crippen LogP contribution in [0.25, 0.3) is 0 Å². The summed E-state index contributed by atoms with van der Waals surface area (Å²) in [6.45, 7) is 17.6. The average molecular weight is 592 g/mol. The Hall–Kier alpha value is -0.990. The first kappa shape index (κ1) is 41.0. The standard InChI is InChI=1S/C39H77NO2/c1-7-11-14-17-22-26-31-36(5)40(10-4)37(6)32-27-23-20-19-21-25-30-35-42-39(41)38(33-28-16-13-9-3)34-29-24-18-15-12-8-2/h37-38H,5,7-35H2,1-4,6H3. The second kappa shape index (κ2) is 31.4. The first-order valence-corrected chi connectivity index (χ1v) is 19.1. The molecule has 0 aliphatic rings. The normalized spacial score (nSPS) is 12.8. The minimum absolute atomic E-state index is 0.0879. The van der Waals surface area contributed by atoms with Gasteiger partial charge in [-0.25, -0.2) is 0 Å². The zero-order chi connectivity index (χ0) is 31.1. The van der Waals surface area contributed by atoms with E-state index in [2.05, 4.69) is 46.1 Å². The van der Waals surface area contributed by atoms with Gasteiger partial charge >= 0.3 is 5.97 Å². The molecule has 0 aliphatic carbocycles. The Morgan fingerprint density at radius 1 is 0.571 bits per heavy atom. The van der Waals surface area contributed by atoms with Crippen molar-refractivity contribution >= 4 is 5.97 Å². The van der Waals surface area contributed by atoms with Gasteiger partial charge < -0.3 is 9.64 Å². The van der Waals surface area contributed by atoms with E-state index < -0.39 is 0 Å². The van der Waals surface area contributed by atoms with Gasteiger partial charge in [-0.05, 0) is 52.4 Å². The number of allylic oxidation sites excluding steroid dienone is 1. The van der Waals surface area contributed by atoms with Crippen molar-refractivity contribution in [3.63, 3.8) is 0 Å². The van der Waals surface area contributed by atoms with E-state index in [4.69, 9.17) is 4.74 Å². The van der Waals surface area contributed by atoms with E-state index in [0.29, 0.717) is 12.6 Å². The molecule has 0 bridgehead atoms. The summed E-state index contributed by atoms with van der Waals surface area (Å²) in [6, 6.07) is 0.605. The van der Waals surface area contributed by atoms with Crippen molar-refractivity contribution in [3.05, 3.63) is 12.3 Å². The summed E-state index contributed by atoms with van der Waals surface area (Å²) in [5.74, 6) is 0.219. The molecule has 0 amide bonds. The summed E-state index contributed by atoms with van der Waals surface area (Å²) < 4.78 is 5.78. The van der Waals surface area contributed by atoms with Gasteiger partial charge in [0.05, 0.1) is 12.5 Å². The van der Waals surface area contributed by atoms with Gasteiger partial charge in [0.15, 0.2) is 0 Å². The van der Waals surface area contributed by atoms with Crippen LogP contribution in [0.1, 0.15) is 208 Å². The zero-order valence-electron chi connectivity index (χ0n) is 29.6. The molecule has 3 nitrogen and oxygen atoms in total. The number of hydrogen-bond donors (Lipinski definition) is 0. The number of esters is 1. The highest BCUT2D eigenvalue weighted by atomic mass is 16.5.